The standard InChI is InChI=1S/C67H51N3S/c1-44-53(46-34-37-65-59(41-46)55-28-14-17-31-62(55)69(65)51-22-7-3-8-23-51)26-12-11-19-48-39-49(45-33-36-64-58(40-45)54-27-13-16-30-61(54)68(64)50-20-5-2-6-21-50)43-57(67(48)71-44)47-35-38-66-60(42-47)56-29-15-18-32-63(56)70(66)52-24-9-4-10-25-52/h2-7,9-17,20-22,24-31,33-44H,8,18-19,23,32H2,1H3/b12-11-,53-26+. The molecule has 340 valence electrons. The first kappa shape index (κ1) is 41.9. The second kappa shape index (κ2) is 17.1. The van der Waals surface area contributed by atoms with Crippen LogP contribution in [0.4, 0.5) is 0 Å². The molecule has 0 N–H and O–H groups in total. The third-order valence-corrected chi connectivity index (χ3v) is 16.5. The van der Waals surface area contributed by atoms with Crippen molar-refractivity contribution in [2.45, 2.75) is 49.2 Å². The molecule has 3 aliphatic rings. The maximum atomic E-state index is 2.50. The Hall–Kier alpha value is -8.05. The van der Waals surface area contributed by atoms with Crippen molar-refractivity contribution < 1.29 is 0 Å². The van der Waals surface area contributed by atoms with Crippen LogP contribution in [0.2, 0.25) is 0 Å². The van der Waals surface area contributed by atoms with E-state index in [1.54, 1.807) is 0 Å². The normalized spacial score (nSPS) is 16.9. The lowest BCUT2D eigenvalue weighted by Gasteiger charge is -2.22. The third kappa shape index (κ3) is 6.95. The molecular weight excluding hydrogens is 879 g/mol. The lowest BCUT2D eigenvalue weighted by atomic mass is 9.93. The highest BCUT2D eigenvalue weighted by Crippen LogP contribution is 2.47. The minimum Gasteiger partial charge on any atom is -0.313 e. The van der Waals surface area contributed by atoms with Crippen molar-refractivity contribution in [3.8, 4) is 33.6 Å². The Kier molecular flexibility index (Phi) is 10.1. The zero-order valence-electron chi connectivity index (χ0n) is 39.7. The summed E-state index contributed by atoms with van der Waals surface area (Å²) in [5.74, 6) is 0. The van der Waals surface area contributed by atoms with Crippen LogP contribution in [0, 0.1) is 0 Å². The smallest absolute Gasteiger partial charge is 0.0541 e. The van der Waals surface area contributed by atoms with Gasteiger partial charge in [-0.1, -0.05) is 134 Å². The molecule has 4 heterocycles. The Bertz CT molecular complexity index is 4110. The number of allylic oxidation sites excluding steroid dienone is 8. The van der Waals surface area contributed by atoms with Crippen molar-refractivity contribution in [3.63, 3.8) is 0 Å². The predicted octanol–water partition coefficient (Wildman–Crippen LogP) is 18.0. The molecule has 3 aromatic heterocycles. The molecule has 0 radical (unpaired) electrons. The van der Waals surface area contributed by atoms with E-state index in [9.17, 15) is 0 Å². The van der Waals surface area contributed by atoms with Crippen LogP contribution in [0.5, 0.6) is 0 Å². The second-order valence-electron chi connectivity index (χ2n) is 19.4. The van der Waals surface area contributed by atoms with E-state index in [1.165, 1.54) is 127 Å². The van der Waals surface area contributed by atoms with Gasteiger partial charge in [-0.15, -0.1) is 11.8 Å². The molecule has 71 heavy (non-hydrogen) atoms. The fraction of sp³-hybridized carbons (Fsp3) is 0.104. The summed E-state index contributed by atoms with van der Waals surface area (Å²) in [4.78, 5) is 1.35. The highest BCUT2D eigenvalue weighted by molar-refractivity contribution is 8.00. The second-order valence-corrected chi connectivity index (χ2v) is 20.7. The minimum atomic E-state index is 0.164. The summed E-state index contributed by atoms with van der Waals surface area (Å²) in [7, 11) is 0. The fourth-order valence-corrected chi connectivity index (χ4v) is 13.2. The average molecular weight is 930 g/mol. The lowest BCUT2D eigenvalue weighted by Crippen LogP contribution is -2.03. The maximum Gasteiger partial charge on any atom is 0.0541 e. The van der Waals surface area contributed by atoms with Crippen LogP contribution in [0.3, 0.4) is 0 Å². The number of rotatable bonds is 6. The molecule has 3 nitrogen and oxygen atoms in total. The molecule has 1 atom stereocenters. The van der Waals surface area contributed by atoms with E-state index in [2.05, 4.69) is 245 Å². The van der Waals surface area contributed by atoms with Gasteiger partial charge in [-0.25, -0.2) is 0 Å². The van der Waals surface area contributed by atoms with Crippen molar-refractivity contribution in [2.75, 3.05) is 0 Å². The summed E-state index contributed by atoms with van der Waals surface area (Å²) in [6.07, 6.45) is 23.6. The van der Waals surface area contributed by atoms with Crippen molar-refractivity contribution in [1.29, 1.82) is 0 Å². The molecule has 1 unspecified atom stereocenters. The molecule has 14 rings (SSSR count). The highest BCUT2D eigenvalue weighted by atomic mass is 32.2. The largest absolute Gasteiger partial charge is 0.313 e. The first-order valence-corrected chi connectivity index (χ1v) is 26.1. The van der Waals surface area contributed by atoms with Crippen LogP contribution in [-0.4, -0.2) is 19.0 Å². The number of hydrogen-bond acceptors (Lipinski definition) is 1. The summed E-state index contributed by atoms with van der Waals surface area (Å²) in [5, 5.41) is 6.60. The van der Waals surface area contributed by atoms with Gasteiger partial charge in [0.15, 0.2) is 0 Å². The molecule has 2 aliphatic carbocycles. The van der Waals surface area contributed by atoms with Crippen molar-refractivity contribution in [1.82, 2.24) is 13.7 Å². The average Bonchev–Trinajstić information content (AvgIpc) is 4.08. The Morgan fingerprint density at radius 1 is 0.451 bits per heavy atom. The Labute approximate surface area is 418 Å². The van der Waals surface area contributed by atoms with Crippen LogP contribution in [0.25, 0.3) is 105 Å². The molecule has 0 amide bonds. The molecule has 0 fully saturated rings. The number of benzene rings is 8. The summed E-state index contributed by atoms with van der Waals surface area (Å²) >= 11 is 2.01. The monoisotopic (exact) mass is 929 g/mol. The van der Waals surface area contributed by atoms with Gasteiger partial charge in [0.05, 0.1) is 27.6 Å². The zero-order chi connectivity index (χ0) is 47.0. The van der Waals surface area contributed by atoms with Crippen LogP contribution >= 0.6 is 11.8 Å². The topological polar surface area (TPSA) is 14.8 Å². The third-order valence-electron chi connectivity index (χ3n) is 15.2. The van der Waals surface area contributed by atoms with Crippen molar-refractivity contribution >= 4 is 83.6 Å². The number of nitrogens with zero attached hydrogens (tertiary/aromatic N) is 3. The molecule has 4 heteroatoms. The van der Waals surface area contributed by atoms with E-state index in [-0.39, 0.29) is 5.25 Å². The first-order valence-electron chi connectivity index (χ1n) is 25.2. The minimum absolute atomic E-state index is 0.164. The van der Waals surface area contributed by atoms with Gasteiger partial charge in [-0.05, 0) is 169 Å². The van der Waals surface area contributed by atoms with Gasteiger partial charge < -0.3 is 13.7 Å². The first-order chi connectivity index (χ1) is 35.1. The highest BCUT2D eigenvalue weighted by Gasteiger charge is 2.25. The van der Waals surface area contributed by atoms with Crippen molar-refractivity contribution in [3.05, 3.63) is 241 Å². The van der Waals surface area contributed by atoms with E-state index >= 15 is 0 Å². The molecule has 0 spiro atoms. The summed E-state index contributed by atoms with van der Waals surface area (Å²) in [5.41, 5.74) is 21.7. The molecule has 1 aliphatic heterocycles. The van der Waals surface area contributed by atoms with Crippen LogP contribution in [0.1, 0.15) is 48.6 Å². The number of aromatic nitrogens is 3. The molecule has 11 aromatic rings. The van der Waals surface area contributed by atoms with Gasteiger partial charge in [0.1, 0.15) is 0 Å². The van der Waals surface area contributed by atoms with Gasteiger partial charge >= 0.3 is 0 Å². The molecular formula is C67H51N3S. The van der Waals surface area contributed by atoms with Crippen LogP contribution in [0.15, 0.2) is 223 Å². The number of para-hydroxylation sites is 4. The van der Waals surface area contributed by atoms with E-state index in [4.69, 9.17) is 0 Å². The Balaban J connectivity index is 0.938. The van der Waals surface area contributed by atoms with Crippen LogP contribution < -0.4 is 0 Å². The molecule has 8 aromatic carbocycles. The summed E-state index contributed by atoms with van der Waals surface area (Å²) < 4.78 is 7.40. The van der Waals surface area contributed by atoms with Crippen LogP contribution in [-0.2, 0) is 12.8 Å². The quantitative estimate of drug-likeness (QED) is 0.162. The number of fused-ring (bicyclic) bond motifs is 10. The van der Waals surface area contributed by atoms with E-state index in [0.29, 0.717) is 0 Å². The van der Waals surface area contributed by atoms with Gasteiger partial charge in [0.2, 0.25) is 0 Å². The van der Waals surface area contributed by atoms with Gasteiger partial charge in [0.25, 0.3) is 0 Å². The maximum absolute atomic E-state index is 2.50. The predicted molar refractivity (Wildman–Crippen MR) is 304 cm³/mol. The number of thioether (sulfide) groups is 1. The Morgan fingerprint density at radius 2 is 1.04 bits per heavy atom. The molecule has 0 bridgehead atoms. The molecule has 0 saturated heterocycles. The fourth-order valence-electron chi connectivity index (χ4n) is 11.9. The summed E-state index contributed by atoms with van der Waals surface area (Å²) in [6, 6.07) is 66.0. The number of hydrogen-bond donors (Lipinski definition) is 0. The van der Waals surface area contributed by atoms with Gasteiger partial charge in [-0.3, -0.25) is 0 Å². The van der Waals surface area contributed by atoms with Gasteiger partial charge in [0, 0.05) is 65.4 Å². The van der Waals surface area contributed by atoms with E-state index < -0.39 is 0 Å². The lowest BCUT2D eigenvalue weighted by molar-refractivity contribution is 0.888. The summed E-state index contributed by atoms with van der Waals surface area (Å²) in [6.45, 7) is 2.41. The van der Waals surface area contributed by atoms with Gasteiger partial charge in [-0.2, -0.15) is 0 Å². The molecule has 0 saturated carbocycles. The van der Waals surface area contributed by atoms with Crippen molar-refractivity contribution in [2.24, 2.45) is 0 Å². The van der Waals surface area contributed by atoms with E-state index in [0.717, 1.165) is 32.1 Å². The zero-order valence-corrected chi connectivity index (χ0v) is 40.5. The SMILES string of the molecule is CC1Sc2c(cc(-c3ccc4c(c3)c3ccccc3n4-c3ccccc3)cc2-c2ccc3c(c2)c2c(n3-c3ccccc3)CCC=C2)C/C=C\C=C/1c1ccc2c(c1)c1ccccc1n2C1=CC=CCC1. The Morgan fingerprint density at radius 3 is 1.79 bits per heavy atom. The van der Waals surface area contributed by atoms with E-state index in [1.807, 2.05) is 11.8 Å².